The summed E-state index contributed by atoms with van der Waals surface area (Å²) in [5.74, 6) is 1.69. The Bertz CT molecular complexity index is 392. The summed E-state index contributed by atoms with van der Waals surface area (Å²) in [6.45, 7) is 8.50. The molecule has 104 valence electrons. The van der Waals surface area contributed by atoms with Crippen molar-refractivity contribution in [1.29, 1.82) is 0 Å². The number of rotatable bonds is 3. The average molecular weight is 258 g/mol. The monoisotopic (exact) mass is 258 g/mol. The Hall–Kier alpha value is -0.860. The lowest BCUT2D eigenvalue weighted by Gasteiger charge is -2.27. The van der Waals surface area contributed by atoms with Gasteiger partial charge in [0, 0.05) is 13.1 Å². The van der Waals surface area contributed by atoms with E-state index in [1.54, 1.807) is 5.56 Å². The summed E-state index contributed by atoms with van der Waals surface area (Å²) >= 11 is 0. The molecule has 0 bridgehead atoms. The molecule has 1 atom stereocenters. The Morgan fingerprint density at radius 1 is 1.11 bits per heavy atom. The van der Waals surface area contributed by atoms with E-state index in [1.165, 1.54) is 57.5 Å². The lowest BCUT2D eigenvalue weighted by molar-refractivity contribution is 0.239. The number of piperidine rings is 1. The van der Waals surface area contributed by atoms with Gasteiger partial charge >= 0.3 is 0 Å². The van der Waals surface area contributed by atoms with Crippen LogP contribution in [-0.2, 0) is 0 Å². The van der Waals surface area contributed by atoms with Crippen molar-refractivity contribution in [2.75, 3.05) is 32.7 Å². The van der Waals surface area contributed by atoms with Gasteiger partial charge in [-0.2, -0.15) is 0 Å². The molecule has 0 aromatic heterocycles. The topological polar surface area (TPSA) is 15.3 Å². The van der Waals surface area contributed by atoms with Crippen LogP contribution in [0.4, 0.5) is 0 Å². The van der Waals surface area contributed by atoms with Crippen LogP contribution >= 0.6 is 0 Å². The smallest absolute Gasteiger partial charge is 0.00509 e. The Morgan fingerprint density at radius 3 is 2.58 bits per heavy atom. The van der Waals surface area contributed by atoms with Crippen molar-refractivity contribution in [2.45, 2.75) is 32.1 Å². The van der Waals surface area contributed by atoms with Gasteiger partial charge < -0.3 is 10.2 Å². The van der Waals surface area contributed by atoms with Crippen molar-refractivity contribution in [2.24, 2.45) is 5.92 Å². The van der Waals surface area contributed by atoms with Crippen molar-refractivity contribution in [3.8, 4) is 0 Å². The van der Waals surface area contributed by atoms with Crippen LogP contribution in [0.2, 0.25) is 0 Å². The summed E-state index contributed by atoms with van der Waals surface area (Å²) < 4.78 is 0. The largest absolute Gasteiger partial charge is 0.317 e. The van der Waals surface area contributed by atoms with Gasteiger partial charge in [0.2, 0.25) is 0 Å². The Morgan fingerprint density at radius 2 is 1.84 bits per heavy atom. The molecule has 0 amide bonds. The molecule has 19 heavy (non-hydrogen) atoms. The Kier molecular flexibility index (Phi) is 4.19. The molecule has 0 saturated carbocycles. The van der Waals surface area contributed by atoms with Crippen LogP contribution in [0.5, 0.6) is 0 Å². The summed E-state index contributed by atoms with van der Waals surface area (Å²) in [4.78, 5) is 2.69. The first-order valence-electron chi connectivity index (χ1n) is 7.81. The molecule has 2 heterocycles. The van der Waals surface area contributed by atoms with E-state index in [2.05, 4.69) is 41.4 Å². The van der Waals surface area contributed by atoms with Crippen molar-refractivity contribution >= 4 is 0 Å². The molecular weight excluding hydrogens is 232 g/mol. The maximum absolute atomic E-state index is 3.46. The molecule has 1 aromatic rings. The molecule has 2 nitrogen and oxygen atoms in total. The minimum Gasteiger partial charge on any atom is -0.317 e. The lowest BCUT2D eigenvalue weighted by Crippen LogP contribution is -2.35. The fourth-order valence-electron chi connectivity index (χ4n) is 3.54. The minimum absolute atomic E-state index is 0.766. The van der Waals surface area contributed by atoms with Crippen molar-refractivity contribution in [1.82, 2.24) is 10.2 Å². The highest BCUT2D eigenvalue weighted by Crippen LogP contribution is 2.28. The highest BCUT2D eigenvalue weighted by atomic mass is 15.1. The van der Waals surface area contributed by atoms with Crippen LogP contribution in [0.1, 0.15) is 36.3 Å². The van der Waals surface area contributed by atoms with Gasteiger partial charge in [0.1, 0.15) is 0 Å². The van der Waals surface area contributed by atoms with E-state index in [0.717, 1.165) is 11.8 Å². The van der Waals surface area contributed by atoms with Gasteiger partial charge in [-0.05, 0) is 63.2 Å². The molecule has 2 heteroatoms. The van der Waals surface area contributed by atoms with Gasteiger partial charge in [-0.25, -0.2) is 0 Å². The normalized spacial score (nSPS) is 25.8. The highest BCUT2D eigenvalue weighted by Gasteiger charge is 2.26. The van der Waals surface area contributed by atoms with Gasteiger partial charge in [0.05, 0.1) is 0 Å². The molecule has 0 spiro atoms. The average Bonchev–Trinajstić information content (AvgIpc) is 2.89. The molecule has 0 radical (unpaired) electrons. The molecule has 1 N–H and O–H groups in total. The first kappa shape index (κ1) is 13.1. The van der Waals surface area contributed by atoms with E-state index in [4.69, 9.17) is 0 Å². The summed E-state index contributed by atoms with van der Waals surface area (Å²) in [6.07, 6.45) is 4.07. The molecule has 2 aliphatic rings. The fraction of sp³-hybridized carbons (Fsp3) is 0.647. The standard InChI is InChI=1S/C17H26N2/c1-14-2-4-16(5-3-14)17-8-11-19(13-17)12-15-6-9-18-10-7-15/h2-5,15,17-18H,6-13H2,1H3. The summed E-state index contributed by atoms with van der Waals surface area (Å²) in [6, 6.07) is 9.16. The second-order valence-corrected chi connectivity index (χ2v) is 6.35. The van der Waals surface area contributed by atoms with E-state index in [0.29, 0.717) is 0 Å². The van der Waals surface area contributed by atoms with Crippen LogP contribution in [0, 0.1) is 12.8 Å². The van der Waals surface area contributed by atoms with Crippen LogP contribution < -0.4 is 5.32 Å². The van der Waals surface area contributed by atoms with Gasteiger partial charge in [-0.1, -0.05) is 29.8 Å². The maximum atomic E-state index is 3.46. The SMILES string of the molecule is Cc1ccc(C2CCN(CC3CCNCC3)C2)cc1. The minimum atomic E-state index is 0.766. The molecule has 2 fully saturated rings. The van der Waals surface area contributed by atoms with Gasteiger partial charge in [0.25, 0.3) is 0 Å². The van der Waals surface area contributed by atoms with E-state index >= 15 is 0 Å². The first-order valence-corrected chi connectivity index (χ1v) is 7.81. The molecule has 2 aliphatic heterocycles. The zero-order valence-electron chi connectivity index (χ0n) is 12.1. The summed E-state index contributed by atoms with van der Waals surface area (Å²) in [5.41, 5.74) is 2.91. The van der Waals surface area contributed by atoms with Crippen LogP contribution in [0.3, 0.4) is 0 Å². The van der Waals surface area contributed by atoms with Crippen molar-refractivity contribution in [3.05, 3.63) is 35.4 Å². The predicted octanol–water partition coefficient (Wildman–Crippen LogP) is 2.78. The van der Waals surface area contributed by atoms with Gasteiger partial charge in [-0.15, -0.1) is 0 Å². The second-order valence-electron chi connectivity index (χ2n) is 6.35. The zero-order chi connectivity index (χ0) is 13.1. The van der Waals surface area contributed by atoms with E-state index in [9.17, 15) is 0 Å². The number of hydrogen-bond acceptors (Lipinski definition) is 2. The first-order chi connectivity index (χ1) is 9.31. The van der Waals surface area contributed by atoms with Crippen molar-refractivity contribution < 1.29 is 0 Å². The van der Waals surface area contributed by atoms with Crippen LogP contribution in [-0.4, -0.2) is 37.6 Å². The number of hydrogen-bond donors (Lipinski definition) is 1. The van der Waals surface area contributed by atoms with Crippen LogP contribution in [0.15, 0.2) is 24.3 Å². The van der Waals surface area contributed by atoms with E-state index in [-0.39, 0.29) is 0 Å². The summed E-state index contributed by atoms with van der Waals surface area (Å²) in [5, 5.41) is 3.46. The quantitative estimate of drug-likeness (QED) is 0.897. The third-order valence-corrected chi connectivity index (χ3v) is 4.80. The molecule has 1 aromatic carbocycles. The number of likely N-dealkylation sites (tertiary alicyclic amines) is 1. The molecule has 2 saturated heterocycles. The third-order valence-electron chi connectivity index (χ3n) is 4.80. The second kappa shape index (κ2) is 6.06. The lowest BCUT2D eigenvalue weighted by atomic mass is 9.97. The van der Waals surface area contributed by atoms with Gasteiger partial charge in [-0.3, -0.25) is 0 Å². The highest BCUT2D eigenvalue weighted by molar-refractivity contribution is 5.25. The molecule has 3 rings (SSSR count). The maximum Gasteiger partial charge on any atom is 0.00509 e. The fourth-order valence-corrected chi connectivity index (χ4v) is 3.54. The van der Waals surface area contributed by atoms with E-state index in [1.807, 2.05) is 0 Å². The number of nitrogens with zero attached hydrogens (tertiary/aromatic N) is 1. The predicted molar refractivity (Wildman–Crippen MR) is 80.6 cm³/mol. The number of nitrogens with one attached hydrogen (secondary N) is 1. The van der Waals surface area contributed by atoms with Crippen LogP contribution in [0.25, 0.3) is 0 Å². The number of aryl methyl sites for hydroxylation is 1. The Labute approximate surface area is 117 Å². The van der Waals surface area contributed by atoms with Crippen molar-refractivity contribution in [3.63, 3.8) is 0 Å². The zero-order valence-corrected chi connectivity index (χ0v) is 12.1. The molecule has 1 unspecified atom stereocenters. The third kappa shape index (κ3) is 3.37. The Balaban J connectivity index is 1.53. The molecule has 0 aliphatic carbocycles. The number of benzene rings is 1. The van der Waals surface area contributed by atoms with Gasteiger partial charge in [0.15, 0.2) is 0 Å². The summed E-state index contributed by atoms with van der Waals surface area (Å²) in [7, 11) is 0. The molecular formula is C17H26N2. The van der Waals surface area contributed by atoms with E-state index < -0.39 is 0 Å².